The van der Waals surface area contributed by atoms with Crippen LogP contribution in [0.2, 0.25) is 0 Å². The number of carbonyl (C=O) groups excluding carboxylic acids is 1. The summed E-state index contributed by atoms with van der Waals surface area (Å²) < 4.78 is 7.99. The summed E-state index contributed by atoms with van der Waals surface area (Å²) in [6, 6.07) is 6.36. The molecule has 26 heavy (non-hydrogen) atoms. The van der Waals surface area contributed by atoms with Gasteiger partial charge in [0.1, 0.15) is 6.61 Å². The normalized spacial score (nSPS) is 14.8. The Labute approximate surface area is 159 Å². The number of hydrogen-bond acceptors (Lipinski definition) is 7. The van der Waals surface area contributed by atoms with E-state index in [1.54, 1.807) is 29.2 Å². The molecule has 1 aliphatic heterocycles. The van der Waals surface area contributed by atoms with Crippen molar-refractivity contribution in [2.24, 2.45) is 0 Å². The zero-order valence-corrected chi connectivity index (χ0v) is 15.8. The summed E-state index contributed by atoms with van der Waals surface area (Å²) in [7, 11) is 0. The summed E-state index contributed by atoms with van der Waals surface area (Å²) in [6.07, 6.45) is 5.49. The predicted molar refractivity (Wildman–Crippen MR) is 101 cm³/mol. The third-order valence-corrected chi connectivity index (χ3v) is 6.22. The average molecular weight is 387 g/mol. The Bertz CT molecular complexity index is 910. The summed E-state index contributed by atoms with van der Waals surface area (Å²) in [5.74, 6) is 0.747. The second-order valence-corrected chi connectivity index (χ2v) is 8.00. The van der Waals surface area contributed by atoms with Crippen molar-refractivity contribution in [1.29, 1.82) is 0 Å². The van der Waals surface area contributed by atoms with Crippen molar-refractivity contribution >= 4 is 34.1 Å². The number of imidazole rings is 1. The number of thioether (sulfide) groups is 1. The second-order valence-electron chi connectivity index (χ2n) is 5.82. The van der Waals surface area contributed by atoms with Gasteiger partial charge in [-0.15, -0.1) is 10.2 Å². The zero-order chi connectivity index (χ0) is 17.9. The molecule has 1 aliphatic rings. The SMILES string of the molecule is Cc1cc(-n2ccnc2)ccc1CSc1nnc(N2CCOCC2=O)s1. The summed E-state index contributed by atoms with van der Waals surface area (Å²) in [5.41, 5.74) is 3.56. The first-order valence-corrected chi connectivity index (χ1v) is 9.93. The number of anilines is 1. The van der Waals surface area contributed by atoms with Crippen molar-refractivity contribution in [3.63, 3.8) is 0 Å². The van der Waals surface area contributed by atoms with Gasteiger partial charge in [-0.2, -0.15) is 0 Å². The maximum absolute atomic E-state index is 11.9. The van der Waals surface area contributed by atoms with Gasteiger partial charge >= 0.3 is 0 Å². The van der Waals surface area contributed by atoms with Crippen LogP contribution >= 0.6 is 23.1 Å². The lowest BCUT2D eigenvalue weighted by Gasteiger charge is -2.23. The van der Waals surface area contributed by atoms with Crippen molar-refractivity contribution < 1.29 is 9.53 Å². The van der Waals surface area contributed by atoms with Crippen LogP contribution in [0.3, 0.4) is 0 Å². The number of hydrogen-bond donors (Lipinski definition) is 0. The number of nitrogens with zero attached hydrogens (tertiary/aromatic N) is 5. The van der Waals surface area contributed by atoms with E-state index >= 15 is 0 Å². The lowest BCUT2D eigenvalue weighted by atomic mass is 10.1. The molecule has 7 nitrogen and oxygen atoms in total. The van der Waals surface area contributed by atoms with Gasteiger partial charge in [-0.05, 0) is 30.2 Å². The topological polar surface area (TPSA) is 73.1 Å². The smallest absolute Gasteiger partial charge is 0.254 e. The number of ether oxygens (including phenoxy) is 1. The molecule has 3 heterocycles. The van der Waals surface area contributed by atoms with Crippen molar-refractivity contribution in [3.05, 3.63) is 48.0 Å². The minimum absolute atomic E-state index is 0.0603. The van der Waals surface area contributed by atoms with Crippen LogP contribution in [-0.2, 0) is 15.3 Å². The van der Waals surface area contributed by atoms with Crippen LogP contribution in [0.1, 0.15) is 11.1 Å². The maximum atomic E-state index is 11.9. The zero-order valence-electron chi connectivity index (χ0n) is 14.2. The van der Waals surface area contributed by atoms with Crippen LogP contribution in [0, 0.1) is 6.92 Å². The first-order chi connectivity index (χ1) is 12.7. The van der Waals surface area contributed by atoms with E-state index in [2.05, 4.69) is 40.3 Å². The van der Waals surface area contributed by atoms with Crippen LogP contribution in [0.15, 0.2) is 41.3 Å². The highest BCUT2D eigenvalue weighted by atomic mass is 32.2. The minimum atomic E-state index is -0.0603. The second kappa shape index (κ2) is 7.56. The molecule has 1 fully saturated rings. The lowest BCUT2D eigenvalue weighted by Crippen LogP contribution is -2.41. The van der Waals surface area contributed by atoms with Gasteiger partial charge in [0.15, 0.2) is 4.34 Å². The highest BCUT2D eigenvalue weighted by molar-refractivity contribution is 8.00. The molecular formula is C17H17N5O2S2. The Balaban J connectivity index is 1.42. The fourth-order valence-electron chi connectivity index (χ4n) is 2.64. The van der Waals surface area contributed by atoms with Crippen LogP contribution in [0.4, 0.5) is 5.13 Å². The summed E-state index contributed by atoms with van der Waals surface area (Å²) in [6.45, 7) is 3.29. The Hall–Kier alpha value is -2.23. The predicted octanol–water partition coefficient (Wildman–Crippen LogP) is 2.69. The van der Waals surface area contributed by atoms with Crippen molar-refractivity contribution in [2.45, 2.75) is 17.0 Å². The van der Waals surface area contributed by atoms with Crippen molar-refractivity contribution in [2.75, 3.05) is 24.7 Å². The quantitative estimate of drug-likeness (QED) is 0.495. The number of rotatable bonds is 5. The van der Waals surface area contributed by atoms with E-state index in [1.807, 2.05) is 10.8 Å². The molecule has 0 radical (unpaired) electrons. The molecule has 1 saturated heterocycles. The summed E-state index contributed by atoms with van der Waals surface area (Å²) in [5, 5.41) is 9.02. The minimum Gasteiger partial charge on any atom is -0.370 e. The van der Waals surface area contributed by atoms with E-state index in [0.717, 1.165) is 15.8 Å². The maximum Gasteiger partial charge on any atom is 0.254 e. The van der Waals surface area contributed by atoms with Gasteiger partial charge in [-0.3, -0.25) is 9.69 Å². The monoisotopic (exact) mass is 387 g/mol. The molecule has 9 heteroatoms. The van der Waals surface area contributed by atoms with Crippen LogP contribution < -0.4 is 4.90 Å². The molecule has 0 spiro atoms. The molecule has 134 valence electrons. The molecule has 3 aromatic rings. The number of morpholine rings is 1. The fraction of sp³-hybridized carbons (Fsp3) is 0.294. The average Bonchev–Trinajstić information content (AvgIpc) is 3.33. The highest BCUT2D eigenvalue weighted by Crippen LogP contribution is 2.31. The fourth-order valence-corrected chi connectivity index (χ4v) is 4.60. The van der Waals surface area contributed by atoms with Crippen LogP contribution in [-0.4, -0.2) is 45.4 Å². The largest absolute Gasteiger partial charge is 0.370 e. The first kappa shape index (κ1) is 17.2. The Morgan fingerprint density at radius 2 is 2.27 bits per heavy atom. The standard InChI is InChI=1S/C17H17N5O2S2/c1-12-8-14(21-5-4-18-11-21)3-2-13(12)10-25-17-20-19-16(26-17)22-6-7-24-9-15(22)23/h2-5,8,11H,6-7,9-10H2,1H3. The van der Waals surface area contributed by atoms with Crippen molar-refractivity contribution in [3.8, 4) is 5.69 Å². The van der Waals surface area contributed by atoms with E-state index in [0.29, 0.717) is 18.3 Å². The number of aromatic nitrogens is 4. The van der Waals surface area contributed by atoms with E-state index in [-0.39, 0.29) is 12.5 Å². The number of carbonyl (C=O) groups is 1. The molecule has 2 aromatic heterocycles. The van der Waals surface area contributed by atoms with Gasteiger partial charge < -0.3 is 9.30 Å². The molecule has 0 unspecified atom stereocenters. The van der Waals surface area contributed by atoms with E-state index in [9.17, 15) is 4.79 Å². The lowest BCUT2D eigenvalue weighted by molar-refractivity contribution is -0.125. The molecule has 0 N–H and O–H groups in total. The molecule has 0 bridgehead atoms. The third kappa shape index (κ3) is 3.64. The summed E-state index contributed by atoms with van der Waals surface area (Å²) in [4.78, 5) is 17.6. The van der Waals surface area contributed by atoms with Crippen molar-refractivity contribution in [1.82, 2.24) is 19.7 Å². The van der Waals surface area contributed by atoms with E-state index in [4.69, 9.17) is 4.74 Å². The number of aryl methyl sites for hydroxylation is 1. The molecule has 1 aromatic carbocycles. The molecule has 1 amide bonds. The number of benzene rings is 1. The van der Waals surface area contributed by atoms with Gasteiger partial charge in [0, 0.05) is 23.8 Å². The summed E-state index contributed by atoms with van der Waals surface area (Å²) >= 11 is 3.08. The van der Waals surface area contributed by atoms with Crippen LogP contribution in [0.25, 0.3) is 5.69 Å². The van der Waals surface area contributed by atoms with Gasteiger partial charge in [0.25, 0.3) is 5.91 Å². The Morgan fingerprint density at radius 3 is 3.04 bits per heavy atom. The van der Waals surface area contributed by atoms with E-state index in [1.165, 1.54) is 22.5 Å². The van der Waals surface area contributed by atoms with Crippen LogP contribution in [0.5, 0.6) is 0 Å². The third-order valence-electron chi connectivity index (χ3n) is 4.09. The number of amides is 1. The van der Waals surface area contributed by atoms with Gasteiger partial charge in [-0.25, -0.2) is 4.98 Å². The molecule has 0 aliphatic carbocycles. The Morgan fingerprint density at radius 1 is 1.35 bits per heavy atom. The molecule has 0 saturated carbocycles. The molecule has 0 atom stereocenters. The van der Waals surface area contributed by atoms with E-state index < -0.39 is 0 Å². The van der Waals surface area contributed by atoms with Gasteiger partial charge in [-0.1, -0.05) is 29.2 Å². The Kier molecular flexibility index (Phi) is 5.00. The van der Waals surface area contributed by atoms with Gasteiger partial charge in [0.05, 0.1) is 19.5 Å². The molecular weight excluding hydrogens is 370 g/mol. The first-order valence-electron chi connectivity index (χ1n) is 8.13. The highest BCUT2D eigenvalue weighted by Gasteiger charge is 2.23. The van der Waals surface area contributed by atoms with Gasteiger partial charge in [0.2, 0.25) is 5.13 Å². The molecule has 4 rings (SSSR count).